The molecular weight excluding hydrogens is 427 g/mol. The first kappa shape index (κ1) is 22.7. The molecule has 1 amide bonds. The predicted octanol–water partition coefficient (Wildman–Crippen LogP) is 2.06. The van der Waals surface area contributed by atoms with Crippen LogP contribution >= 0.6 is 0 Å². The predicted molar refractivity (Wildman–Crippen MR) is 109 cm³/mol. The Morgan fingerprint density at radius 1 is 1.22 bits per heavy atom. The topological polar surface area (TPSA) is 81.5 Å². The molecule has 0 aromatic carbocycles. The lowest BCUT2D eigenvalue weighted by molar-refractivity contribution is -0.137. The maximum absolute atomic E-state index is 12.9. The number of nitrogens with zero attached hydrogens (tertiary/aromatic N) is 4. The number of rotatable bonds is 6. The molecule has 2 saturated heterocycles. The third-order valence-corrected chi connectivity index (χ3v) is 6.04. The van der Waals surface area contributed by atoms with E-state index < -0.39 is 11.7 Å². The zero-order chi connectivity index (χ0) is 22.7. The summed E-state index contributed by atoms with van der Waals surface area (Å²) < 4.78 is 50.7. The molecule has 1 N–H and O–H groups in total. The van der Waals surface area contributed by atoms with Gasteiger partial charge in [-0.25, -0.2) is 9.67 Å². The van der Waals surface area contributed by atoms with Gasteiger partial charge in [-0.3, -0.25) is 9.69 Å². The van der Waals surface area contributed by atoms with Gasteiger partial charge in [0.1, 0.15) is 0 Å². The summed E-state index contributed by atoms with van der Waals surface area (Å²) in [7, 11) is 0. The minimum absolute atomic E-state index is 0.150. The number of halogens is 3. The molecule has 0 radical (unpaired) electrons. The van der Waals surface area contributed by atoms with Gasteiger partial charge in [0, 0.05) is 44.4 Å². The van der Waals surface area contributed by atoms with Crippen LogP contribution in [0.3, 0.4) is 0 Å². The summed E-state index contributed by atoms with van der Waals surface area (Å²) in [5.74, 6) is 0.273. The summed E-state index contributed by atoms with van der Waals surface area (Å²) in [4.78, 5) is 19.1. The van der Waals surface area contributed by atoms with Crippen molar-refractivity contribution >= 4 is 5.91 Å². The number of morpholine rings is 1. The van der Waals surface area contributed by atoms with Crippen LogP contribution in [0.1, 0.15) is 28.0 Å². The largest absolute Gasteiger partial charge is 0.417 e. The summed E-state index contributed by atoms with van der Waals surface area (Å²) in [6.45, 7) is 6.52. The number of carbonyl (C=O) groups is 1. The van der Waals surface area contributed by atoms with Crippen LogP contribution in [0.5, 0.6) is 0 Å². The highest BCUT2D eigenvalue weighted by Gasteiger charge is 2.33. The molecule has 2 aromatic rings. The maximum atomic E-state index is 12.9. The van der Waals surface area contributed by atoms with E-state index in [9.17, 15) is 18.0 Å². The highest BCUT2D eigenvalue weighted by atomic mass is 19.4. The number of aromatic nitrogens is 3. The van der Waals surface area contributed by atoms with E-state index in [-0.39, 0.29) is 17.8 Å². The summed E-state index contributed by atoms with van der Waals surface area (Å²) in [5.41, 5.74) is 0.0195. The number of pyridine rings is 1. The van der Waals surface area contributed by atoms with E-state index in [0.29, 0.717) is 43.5 Å². The molecular formula is C21H26F3N5O3. The Labute approximate surface area is 183 Å². The van der Waals surface area contributed by atoms with Gasteiger partial charge in [0.2, 0.25) is 0 Å². The van der Waals surface area contributed by atoms with E-state index in [0.717, 1.165) is 38.4 Å². The Morgan fingerprint density at radius 2 is 2.00 bits per heavy atom. The molecule has 32 heavy (non-hydrogen) atoms. The molecule has 2 aliphatic heterocycles. The molecule has 0 aliphatic carbocycles. The van der Waals surface area contributed by atoms with E-state index in [1.807, 2.05) is 0 Å². The molecule has 2 atom stereocenters. The van der Waals surface area contributed by atoms with Crippen molar-refractivity contribution in [1.29, 1.82) is 0 Å². The zero-order valence-corrected chi connectivity index (χ0v) is 17.8. The van der Waals surface area contributed by atoms with Gasteiger partial charge in [-0.1, -0.05) is 0 Å². The average Bonchev–Trinajstić information content (AvgIpc) is 3.44. The van der Waals surface area contributed by atoms with E-state index in [4.69, 9.17) is 9.47 Å². The lowest BCUT2D eigenvalue weighted by atomic mass is 9.96. The van der Waals surface area contributed by atoms with Crippen LogP contribution in [0.2, 0.25) is 0 Å². The first-order chi connectivity index (χ1) is 15.3. The normalized spacial score (nSPS) is 20.9. The third-order valence-electron chi connectivity index (χ3n) is 6.04. The number of carbonyl (C=O) groups excluding carboxylic acids is 1. The fraction of sp³-hybridized carbons (Fsp3) is 0.571. The Hall–Kier alpha value is -2.50. The molecule has 174 valence electrons. The molecule has 2 fully saturated rings. The van der Waals surface area contributed by atoms with Gasteiger partial charge in [0.05, 0.1) is 42.8 Å². The second-order valence-electron chi connectivity index (χ2n) is 8.01. The van der Waals surface area contributed by atoms with Crippen LogP contribution in [-0.2, 0) is 15.7 Å². The summed E-state index contributed by atoms with van der Waals surface area (Å²) in [5, 5.41) is 7.17. The highest BCUT2D eigenvalue weighted by molar-refractivity contribution is 5.95. The molecule has 0 bridgehead atoms. The SMILES string of the molecule is Cc1c(C(=O)NCC(C2CCOC2)N2CCOCC2)cnn1-c1ccc(C(F)(F)F)cn1. The van der Waals surface area contributed by atoms with Crippen molar-refractivity contribution < 1.29 is 27.4 Å². The maximum Gasteiger partial charge on any atom is 0.417 e. The summed E-state index contributed by atoms with van der Waals surface area (Å²) in [6.07, 6.45) is -1.34. The van der Waals surface area contributed by atoms with Crippen molar-refractivity contribution in [2.45, 2.75) is 25.6 Å². The minimum Gasteiger partial charge on any atom is -0.381 e. The quantitative estimate of drug-likeness (QED) is 0.721. The zero-order valence-electron chi connectivity index (χ0n) is 17.8. The van der Waals surface area contributed by atoms with Crippen LogP contribution in [0, 0.1) is 12.8 Å². The number of alkyl halides is 3. The number of nitrogens with one attached hydrogen (secondary N) is 1. The van der Waals surface area contributed by atoms with Crippen molar-refractivity contribution in [1.82, 2.24) is 25.0 Å². The van der Waals surface area contributed by atoms with E-state index in [1.165, 1.54) is 16.9 Å². The molecule has 2 aliphatic rings. The van der Waals surface area contributed by atoms with Crippen LogP contribution in [0.4, 0.5) is 13.2 Å². The molecule has 4 heterocycles. The fourth-order valence-electron chi connectivity index (χ4n) is 4.19. The lowest BCUT2D eigenvalue weighted by Crippen LogP contribution is -2.52. The van der Waals surface area contributed by atoms with E-state index in [1.54, 1.807) is 6.92 Å². The number of ether oxygens (including phenoxy) is 2. The monoisotopic (exact) mass is 453 g/mol. The molecule has 0 spiro atoms. The minimum atomic E-state index is -4.46. The fourth-order valence-corrected chi connectivity index (χ4v) is 4.19. The number of amides is 1. The van der Waals surface area contributed by atoms with Gasteiger partial charge in [0.15, 0.2) is 5.82 Å². The Morgan fingerprint density at radius 3 is 2.62 bits per heavy atom. The van der Waals surface area contributed by atoms with Gasteiger partial charge >= 0.3 is 6.18 Å². The van der Waals surface area contributed by atoms with Crippen molar-refractivity contribution in [3.8, 4) is 5.82 Å². The van der Waals surface area contributed by atoms with Gasteiger partial charge in [-0.15, -0.1) is 0 Å². The second-order valence-corrected chi connectivity index (χ2v) is 8.01. The van der Waals surface area contributed by atoms with Crippen molar-refractivity contribution in [3.63, 3.8) is 0 Å². The highest BCUT2D eigenvalue weighted by Crippen LogP contribution is 2.29. The molecule has 0 saturated carbocycles. The Balaban J connectivity index is 1.44. The van der Waals surface area contributed by atoms with Gasteiger partial charge in [-0.2, -0.15) is 18.3 Å². The molecule has 11 heteroatoms. The Kier molecular flexibility index (Phi) is 6.77. The summed E-state index contributed by atoms with van der Waals surface area (Å²) in [6, 6.07) is 2.33. The van der Waals surface area contributed by atoms with Gasteiger partial charge in [-0.05, 0) is 25.5 Å². The molecule has 4 rings (SSSR count). The Bertz CT molecular complexity index is 920. The van der Waals surface area contributed by atoms with Crippen LogP contribution in [0.15, 0.2) is 24.5 Å². The standard InChI is InChI=1S/C21H26F3N5O3/c1-14-17(11-27-29(14)19-3-2-16(10-25-19)21(22,23)24)20(30)26-12-18(15-4-7-32-13-15)28-5-8-31-9-6-28/h2-3,10-11,15,18H,4-9,12-13H2,1H3,(H,26,30). The molecule has 8 nitrogen and oxygen atoms in total. The number of hydrogen-bond donors (Lipinski definition) is 1. The van der Waals surface area contributed by atoms with Crippen LogP contribution in [-0.4, -0.2) is 77.7 Å². The third kappa shape index (κ3) is 4.94. The van der Waals surface area contributed by atoms with Crippen molar-refractivity contribution in [2.24, 2.45) is 5.92 Å². The smallest absolute Gasteiger partial charge is 0.381 e. The average molecular weight is 453 g/mol. The van der Waals surface area contributed by atoms with Gasteiger partial charge in [0.25, 0.3) is 5.91 Å². The van der Waals surface area contributed by atoms with E-state index in [2.05, 4.69) is 20.3 Å². The summed E-state index contributed by atoms with van der Waals surface area (Å²) >= 11 is 0. The first-order valence-electron chi connectivity index (χ1n) is 10.6. The molecule has 2 unspecified atom stereocenters. The van der Waals surface area contributed by atoms with E-state index >= 15 is 0 Å². The van der Waals surface area contributed by atoms with Crippen LogP contribution in [0.25, 0.3) is 5.82 Å². The van der Waals surface area contributed by atoms with Gasteiger partial charge < -0.3 is 14.8 Å². The van der Waals surface area contributed by atoms with Crippen molar-refractivity contribution in [3.05, 3.63) is 41.3 Å². The molecule has 2 aromatic heterocycles. The lowest BCUT2D eigenvalue weighted by Gasteiger charge is -2.37. The van der Waals surface area contributed by atoms with Crippen molar-refractivity contribution in [2.75, 3.05) is 46.1 Å². The number of hydrogen-bond acceptors (Lipinski definition) is 6. The first-order valence-corrected chi connectivity index (χ1v) is 10.6. The van der Waals surface area contributed by atoms with Crippen LogP contribution < -0.4 is 5.32 Å². The second kappa shape index (κ2) is 9.55.